The molecule has 1 aliphatic rings. The van der Waals surface area contributed by atoms with Crippen molar-refractivity contribution in [1.82, 2.24) is 5.32 Å². The van der Waals surface area contributed by atoms with Gasteiger partial charge >= 0.3 is 0 Å². The van der Waals surface area contributed by atoms with Crippen LogP contribution in [0.25, 0.3) is 0 Å². The second-order valence-electron chi connectivity index (χ2n) is 7.07. The molecule has 1 heterocycles. The van der Waals surface area contributed by atoms with Crippen LogP contribution in [0.15, 0.2) is 12.1 Å². The summed E-state index contributed by atoms with van der Waals surface area (Å²) in [6, 6.07) is 4.62. The maximum Gasteiger partial charge on any atom is 0.125 e. The van der Waals surface area contributed by atoms with Gasteiger partial charge in [0.05, 0.1) is 7.11 Å². The average molecular weight is 304 g/mol. The summed E-state index contributed by atoms with van der Waals surface area (Å²) in [4.78, 5) is 2.57. The van der Waals surface area contributed by atoms with Crippen molar-refractivity contribution in [2.45, 2.75) is 65.5 Å². The number of hydrogen-bond acceptors (Lipinski definition) is 3. The Morgan fingerprint density at radius 3 is 2.64 bits per heavy atom. The summed E-state index contributed by atoms with van der Waals surface area (Å²) < 4.78 is 5.67. The van der Waals surface area contributed by atoms with Gasteiger partial charge in [-0.15, -0.1) is 0 Å². The van der Waals surface area contributed by atoms with Crippen molar-refractivity contribution in [3.63, 3.8) is 0 Å². The van der Waals surface area contributed by atoms with E-state index in [0.717, 1.165) is 25.4 Å². The van der Waals surface area contributed by atoms with Gasteiger partial charge in [0.1, 0.15) is 5.75 Å². The number of rotatable bonds is 6. The smallest absolute Gasteiger partial charge is 0.125 e. The summed E-state index contributed by atoms with van der Waals surface area (Å²) in [5.41, 5.74) is 4.31. The Hall–Kier alpha value is -1.22. The molecule has 0 aliphatic carbocycles. The van der Waals surface area contributed by atoms with E-state index in [1.54, 1.807) is 7.11 Å². The van der Waals surface area contributed by atoms with E-state index >= 15 is 0 Å². The Bertz CT molecular complexity index is 510. The minimum absolute atomic E-state index is 0.205. The van der Waals surface area contributed by atoms with Crippen LogP contribution in [0, 0.1) is 0 Å². The van der Waals surface area contributed by atoms with Crippen LogP contribution in [0.4, 0.5) is 5.69 Å². The molecule has 22 heavy (non-hydrogen) atoms. The molecule has 0 spiro atoms. The van der Waals surface area contributed by atoms with E-state index in [4.69, 9.17) is 4.74 Å². The topological polar surface area (TPSA) is 24.5 Å². The standard InChI is InChI=1S/C19H32N2O/c1-7-9-21-17-11-18(22-6)15(13-20-8-2)10-16(17)14(3)12-19(21,4)5/h10-11,14,20H,7-9,12-13H2,1-6H3/t14-/m1/s1. The van der Waals surface area contributed by atoms with E-state index in [1.807, 2.05) is 0 Å². The molecule has 1 N–H and O–H groups in total. The van der Waals surface area contributed by atoms with Gasteiger partial charge in [-0.1, -0.05) is 20.8 Å². The summed E-state index contributed by atoms with van der Waals surface area (Å²) in [6.07, 6.45) is 2.37. The molecule has 0 aromatic heterocycles. The zero-order chi connectivity index (χ0) is 16.3. The first-order chi connectivity index (χ1) is 10.4. The van der Waals surface area contributed by atoms with Gasteiger partial charge in [-0.25, -0.2) is 0 Å². The van der Waals surface area contributed by atoms with E-state index in [2.05, 4.69) is 57.0 Å². The predicted octanol–water partition coefficient (Wildman–Crippen LogP) is 4.31. The van der Waals surface area contributed by atoms with Gasteiger partial charge in [-0.2, -0.15) is 0 Å². The molecular weight excluding hydrogens is 272 g/mol. The molecule has 0 radical (unpaired) electrons. The molecule has 0 saturated heterocycles. The zero-order valence-electron chi connectivity index (χ0n) is 15.1. The average Bonchev–Trinajstić information content (AvgIpc) is 2.48. The number of fused-ring (bicyclic) bond motifs is 1. The number of hydrogen-bond donors (Lipinski definition) is 1. The van der Waals surface area contributed by atoms with Crippen LogP contribution in [0.1, 0.15) is 64.5 Å². The third kappa shape index (κ3) is 3.24. The van der Waals surface area contributed by atoms with Gasteiger partial charge in [0, 0.05) is 35.9 Å². The monoisotopic (exact) mass is 304 g/mol. The highest BCUT2D eigenvalue weighted by molar-refractivity contribution is 5.64. The first-order valence-electron chi connectivity index (χ1n) is 8.63. The van der Waals surface area contributed by atoms with Crippen LogP contribution in [0.3, 0.4) is 0 Å². The fraction of sp³-hybridized carbons (Fsp3) is 0.684. The molecule has 3 heteroatoms. The second-order valence-corrected chi connectivity index (χ2v) is 7.07. The molecule has 1 aromatic carbocycles. The predicted molar refractivity (Wildman–Crippen MR) is 95.1 cm³/mol. The van der Waals surface area contributed by atoms with Gasteiger partial charge in [0.15, 0.2) is 0 Å². The number of anilines is 1. The van der Waals surface area contributed by atoms with Crippen LogP contribution in [-0.2, 0) is 6.54 Å². The molecule has 3 nitrogen and oxygen atoms in total. The van der Waals surface area contributed by atoms with Crippen molar-refractivity contribution in [3.8, 4) is 5.75 Å². The number of nitrogens with one attached hydrogen (secondary N) is 1. The molecule has 0 amide bonds. The molecule has 0 unspecified atom stereocenters. The van der Waals surface area contributed by atoms with Crippen LogP contribution < -0.4 is 15.0 Å². The van der Waals surface area contributed by atoms with Crippen molar-refractivity contribution in [1.29, 1.82) is 0 Å². The molecule has 2 rings (SSSR count). The SMILES string of the molecule is CCCN1c2cc(OC)c(CNCC)cc2[C@H](C)CC1(C)C. The van der Waals surface area contributed by atoms with Crippen LogP contribution in [0.5, 0.6) is 5.75 Å². The lowest BCUT2D eigenvalue weighted by atomic mass is 9.79. The Morgan fingerprint density at radius 2 is 2.05 bits per heavy atom. The normalized spacial score (nSPS) is 19.9. The maximum absolute atomic E-state index is 5.67. The van der Waals surface area contributed by atoms with Crippen molar-refractivity contribution >= 4 is 5.69 Å². The lowest BCUT2D eigenvalue weighted by Crippen LogP contribution is -2.48. The number of ether oxygens (including phenoxy) is 1. The molecule has 1 aromatic rings. The number of nitrogens with zero attached hydrogens (tertiary/aromatic N) is 1. The fourth-order valence-corrected chi connectivity index (χ4v) is 3.79. The van der Waals surface area contributed by atoms with Gasteiger partial charge in [-0.3, -0.25) is 0 Å². The summed E-state index contributed by atoms with van der Waals surface area (Å²) in [7, 11) is 1.78. The van der Waals surface area contributed by atoms with Crippen LogP contribution in [-0.4, -0.2) is 25.7 Å². The Kier molecular flexibility index (Phi) is 5.38. The molecule has 1 atom stereocenters. The van der Waals surface area contributed by atoms with Crippen molar-refractivity contribution in [2.24, 2.45) is 0 Å². The molecule has 0 bridgehead atoms. The second kappa shape index (κ2) is 6.91. The Labute approximate surface area is 136 Å². The van der Waals surface area contributed by atoms with Crippen molar-refractivity contribution in [3.05, 3.63) is 23.3 Å². The highest BCUT2D eigenvalue weighted by atomic mass is 16.5. The first kappa shape index (κ1) is 17.1. The molecule has 1 aliphatic heterocycles. The zero-order valence-corrected chi connectivity index (χ0v) is 15.1. The first-order valence-corrected chi connectivity index (χ1v) is 8.63. The van der Waals surface area contributed by atoms with Crippen molar-refractivity contribution < 1.29 is 4.74 Å². The van der Waals surface area contributed by atoms with E-state index < -0.39 is 0 Å². The lowest BCUT2D eigenvalue weighted by Gasteiger charge is -2.48. The summed E-state index contributed by atoms with van der Waals surface area (Å²) in [5, 5.41) is 3.42. The van der Waals surface area contributed by atoms with Crippen LogP contribution >= 0.6 is 0 Å². The van der Waals surface area contributed by atoms with E-state index in [0.29, 0.717) is 5.92 Å². The van der Waals surface area contributed by atoms with Crippen LogP contribution in [0.2, 0.25) is 0 Å². The van der Waals surface area contributed by atoms with Gasteiger partial charge in [0.2, 0.25) is 0 Å². The maximum atomic E-state index is 5.67. The quantitative estimate of drug-likeness (QED) is 0.847. The largest absolute Gasteiger partial charge is 0.496 e. The minimum atomic E-state index is 0.205. The highest BCUT2D eigenvalue weighted by Crippen LogP contribution is 2.45. The number of methoxy groups -OCH3 is 1. The third-order valence-corrected chi connectivity index (χ3v) is 4.80. The van der Waals surface area contributed by atoms with E-state index in [-0.39, 0.29) is 5.54 Å². The molecule has 0 saturated carbocycles. The molecule has 124 valence electrons. The third-order valence-electron chi connectivity index (χ3n) is 4.80. The molecular formula is C19H32N2O. The van der Waals surface area contributed by atoms with Gasteiger partial charge in [0.25, 0.3) is 0 Å². The summed E-state index contributed by atoms with van der Waals surface area (Å²) >= 11 is 0. The fourth-order valence-electron chi connectivity index (χ4n) is 3.79. The van der Waals surface area contributed by atoms with Gasteiger partial charge < -0.3 is 15.0 Å². The van der Waals surface area contributed by atoms with E-state index in [1.165, 1.54) is 29.7 Å². The Morgan fingerprint density at radius 1 is 1.32 bits per heavy atom. The highest BCUT2D eigenvalue weighted by Gasteiger charge is 2.36. The van der Waals surface area contributed by atoms with Crippen molar-refractivity contribution in [2.75, 3.05) is 25.1 Å². The lowest BCUT2D eigenvalue weighted by molar-refractivity contribution is 0.371. The Balaban J connectivity index is 2.49. The number of benzene rings is 1. The van der Waals surface area contributed by atoms with E-state index in [9.17, 15) is 0 Å². The van der Waals surface area contributed by atoms with Gasteiger partial charge in [-0.05, 0) is 50.8 Å². The molecule has 0 fully saturated rings. The minimum Gasteiger partial charge on any atom is -0.496 e. The summed E-state index contributed by atoms with van der Waals surface area (Å²) in [6.45, 7) is 14.4. The summed E-state index contributed by atoms with van der Waals surface area (Å²) in [5.74, 6) is 1.59.